The molecule has 8 heteroatoms. The van der Waals surface area contributed by atoms with Crippen LogP contribution in [-0.4, -0.2) is 43.7 Å². The van der Waals surface area contributed by atoms with Crippen LogP contribution in [0.5, 0.6) is 0 Å². The van der Waals surface area contributed by atoms with E-state index >= 15 is 0 Å². The van der Waals surface area contributed by atoms with Crippen LogP contribution in [0.3, 0.4) is 0 Å². The zero-order valence-electron chi connectivity index (χ0n) is 17.8. The monoisotopic (exact) mass is 405 g/mol. The average molecular weight is 406 g/mol. The van der Waals surface area contributed by atoms with E-state index in [0.29, 0.717) is 18.7 Å². The summed E-state index contributed by atoms with van der Waals surface area (Å²) in [5.41, 5.74) is 3.77. The molecule has 1 amide bonds. The SMILES string of the molecule is Cc1nc(CCc2cnn(Cc3cccnc3)c2)nc2c1NC(=O)[C@H](C(C)C)N2C. The van der Waals surface area contributed by atoms with E-state index in [4.69, 9.17) is 4.98 Å². The molecule has 4 rings (SSSR count). The fourth-order valence-corrected chi connectivity index (χ4v) is 3.94. The van der Waals surface area contributed by atoms with E-state index in [9.17, 15) is 4.79 Å². The third-order valence-electron chi connectivity index (χ3n) is 5.41. The third-order valence-corrected chi connectivity index (χ3v) is 5.41. The van der Waals surface area contributed by atoms with Gasteiger partial charge in [0, 0.05) is 32.1 Å². The number of aromatic nitrogens is 5. The van der Waals surface area contributed by atoms with Crippen LogP contribution in [0.25, 0.3) is 0 Å². The molecule has 0 unspecified atom stereocenters. The van der Waals surface area contributed by atoms with Crippen molar-refractivity contribution < 1.29 is 4.79 Å². The number of hydrogen-bond acceptors (Lipinski definition) is 6. The number of nitrogens with one attached hydrogen (secondary N) is 1. The van der Waals surface area contributed by atoms with Crippen molar-refractivity contribution in [1.29, 1.82) is 0 Å². The first kappa shape index (κ1) is 20.0. The lowest BCUT2D eigenvalue weighted by molar-refractivity contribution is -0.118. The molecule has 1 atom stereocenters. The Kier molecular flexibility index (Phi) is 5.48. The molecule has 0 fully saturated rings. The molecule has 0 saturated heterocycles. The Hall–Kier alpha value is -3.29. The molecule has 3 aromatic rings. The summed E-state index contributed by atoms with van der Waals surface area (Å²) in [4.78, 5) is 28.0. The normalized spacial score (nSPS) is 16.0. The molecule has 4 heterocycles. The number of fused-ring (bicyclic) bond motifs is 1. The number of hydrogen-bond donors (Lipinski definition) is 1. The Balaban J connectivity index is 1.47. The summed E-state index contributed by atoms with van der Waals surface area (Å²) < 4.78 is 1.92. The Morgan fingerprint density at radius 3 is 2.73 bits per heavy atom. The second-order valence-corrected chi connectivity index (χ2v) is 8.12. The van der Waals surface area contributed by atoms with Gasteiger partial charge in [-0.15, -0.1) is 0 Å². The predicted molar refractivity (Wildman–Crippen MR) is 115 cm³/mol. The fourth-order valence-electron chi connectivity index (χ4n) is 3.94. The van der Waals surface area contributed by atoms with Crippen molar-refractivity contribution >= 4 is 17.4 Å². The third kappa shape index (κ3) is 4.03. The smallest absolute Gasteiger partial charge is 0.247 e. The highest BCUT2D eigenvalue weighted by Crippen LogP contribution is 2.33. The quantitative estimate of drug-likeness (QED) is 0.678. The highest BCUT2D eigenvalue weighted by Gasteiger charge is 2.35. The van der Waals surface area contributed by atoms with Gasteiger partial charge < -0.3 is 10.2 Å². The number of pyridine rings is 1. The van der Waals surface area contributed by atoms with Crippen LogP contribution in [-0.2, 0) is 24.2 Å². The van der Waals surface area contributed by atoms with E-state index in [2.05, 4.69) is 26.6 Å². The molecule has 3 aromatic heterocycles. The van der Waals surface area contributed by atoms with Gasteiger partial charge >= 0.3 is 0 Å². The average Bonchev–Trinajstić information content (AvgIpc) is 3.15. The molecular formula is C22H27N7O. The Labute approximate surface area is 176 Å². The molecule has 0 saturated carbocycles. The number of carbonyl (C=O) groups excluding carboxylic acids is 1. The van der Waals surface area contributed by atoms with Gasteiger partial charge in [-0.1, -0.05) is 19.9 Å². The van der Waals surface area contributed by atoms with E-state index in [1.807, 2.05) is 61.9 Å². The van der Waals surface area contributed by atoms with E-state index < -0.39 is 0 Å². The predicted octanol–water partition coefficient (Wildman–Crippen LogP) is 2.62. The minimum atomic E-state index is -0.231. The van der Waals surface area contributed by atoms with Crippen molar-refractivity contribution in [3.05, 3.63) is 59.6 Å². The van der Waals surface area contributed by atoms with E-state index in [0.717, 1.165) is 34.9 Å². The molecule has 0 bridgehead atoms. The summed E-state index contributed by atoms with van der Waals surface area (Å²) in [6.45, 7) is 6.71. The largest absolute Gasteiger partial charge is 0.346 e. The van der Waals surface area contributed by atoms with Crippen LogP contribution in [0, 0.1) is 12.8 Å². The number of nitrogens with zero attached hydrogens (tertiary/aromatic N) is 6. The number of amides is 1. The van der Waals surface area contributed by atoms with E-state index in [1.165, 1.54) is 0 Å². The van der Waals surface area contributed by atoms with Crippen LogP contribution in [0.1, 0.15) is 36.5 Å². The summed E-state index contributed by atoms with van der Waals surface area (Å²) in [6.07, 6.45) is 9.08. The first-order valence-electron chi connectivity index (χ1n) is 10.2. The van der Waals surface area contributed by atoms with Gasteiger partial charge in [-0.3, -0.25) is 14.5 Å². The van der Waals surface area contributed by atoms with Crippen molar-refractivity contribution in [2.24, 2.45) is 5.92 Å². The molecule has 0 aliphatic carbocycles. The Bertz CT molecular complexity index is 1040. The fraction of sp³-hybridized carbons (Fsp3) is 0.409. The minimum absolute atomic E-state index is 0.000445. The molecule has 8 nitrogen and oxygen atoms in total. The zero-order valence-corrected chi connectivity index (χ0v) is 17.8. The number of aryl methyl sites for hydroxylation is 3. The first-order valence-corrected chi connectivity index (χ1v) is 10.2. The summed E-state index contributed by atoms with van der Waals surface area (Å²) in [7, 11) is 1.93. The molecule has 0 aromatic carbocycles. The van der Waals surface area contributed by atoms with Gasteiger partial charge in [0.2, 0.25) is 5.91 Å². The van der Waals surface area contributed by atoms with Crippen molar-refractivity contribution in [3.8, 4) is 0 Å². The lowest BCUT2D eigenvalue weighted by atomic mass is 9.99. The molecule has 30 heavy (non-hydrogen) atoms. The van der Waals surface area contributed by atoms with Crippen LogP contribution in [0.15, 0.2) is 36.9 Å². The summed E-state index contributed by atoms with van der Waals surface area (Å²) in [6, 6.07) is 3.74. The maximum atomic E-state index is 12.5. The zero-order chi connectivity index (χ0) is 21.3. The van der Waals surface area contributed by atoms with Gasteiger partial charge in [0.25, 0.3) is 0 Å². The van der Waals surface area contributed by atoms with Gasteiger partial charge in [-0.05, 0) is 36.5 Å². The van der Waals surface area contributed by atoms with E-state index in [-0.39, 0.29) is 17.9 Å². The van der Waals surface area contributed by atoms with Crippen molar-refractivity contribution in [1.82, 2.24) is 24.7 Å². The van der Waals surface area contributed by atoms with Crippen molar-refractivity contribution in [2.45, 2.75) is 46.2 Å². The van der Waals surface area contributed by atoms with Gasteiger partial charge in [0.1, 0.15) is 17.6 Å². The molecular weight excluding hydrogens is 378 g/mol. The molecule has 156 valence electrons. The molecule has 1 aliphatic heterocycles. The van der Waals surface area contributed by atoms with Crippen LogP contribution < -0.4 is 10.2 Å². The number of anilines is 2. The summed E-state index contributed by atoms with van der Waals surface area (Å²) in [5.74, 6) is 1.76. The highest BCUT2D eigenvalue weighted by atomic mass is 16.2. The maximum Gasteiger partial charge on any atom is 0.247 e. The minimum Gasteiger partial charge on any atom is -0.346 e. The highest BCUT2D eigenvalue weighted by molar-refractivity contribution is 6.03. The molecule has 0 radical (unpaired) electrons. The molecule has 0 spiro atoms. The topological polar surface area (TPSA) is 88.8 Å². The number of rotatable bonds is 6. The molecule has 1 aliphatic rings. The first-order chi connectivity index (χ1) is 14.4. The maximum absolute atomic E-state index is 12.5. The van der Waals surface area contributed by atoms with Gasteiger partial charge in [0.15, 0.2) is 5.82 Å². The van der Waals surface area contributed by atoms with Crippen LogP contribution >= 0.6 is 0 Å². The number of carbonyl (C=O) groups is 1. The Morgan fingerprint density at radius 1 is 1.17 bits per heavy atom. The Morgan fingerprint density at radius 2 is 2.00 bits per heavy atom. The van der Waals surface area contributed by atoms with Gasteiger partial charge in [-0.25, -0.2) is 9.97 Å². The van der Waals surface area contributed by atoms with Crippen molar-refractivity contribution in [2.75, 3.05) is 17.3 Å². The summed E-state index contributed by atoms with van der Waals surface area (Å²) in [5, 5.41) is 7.45. The lowest BCUT2D eigenvalue weighted by Crippen LogP contribution is -2.49. The van der Waals surface area contributed by atoms with Crippen LogP contribution in [0.4, 0.5) is 11.5 Å². The number of likely N-dealkylation sites (N-methyl/N-ethyl adjacent to an activating group) is 1. The lowest BCUT2D eigenvalue weighted by Gasteiger charge is -2.36. The standard InChI is InChI=1S/C22H27N7O/c1-14(2)20-22(30)27-19-15(3)25-18(26-21(19)28(20)4)8-7-17-11-24-29(13-17)12-16-6-5-9-23-10-16/h5-6,9-11,13-14,20H,7-8,12H2,1-4H3,(H,27,30)/t20-/m0/s1. The van der Waals surface area contributed by atoms with Crippen LogP contribution in [0.2, 0.25) is 0 Å². The van der Waals surface area contributed by atoms with Gasteiger partial charge in [0.05, 0.1) is 18.4 Å². The second kappa shape index (κ2) is 8.22. The second-order valence-electron chi connectivity index (χ2n) is 8.12. The van der Waals surface area contributed by atoms with Gasteiger partial charge in [-0.2, -0.15) is 5.10 Å². The van der Waals surface area contributed by atoms with Crippen molar-refractivity contribution in [3.63, 3.8) is 0 Å². The summed E-state index contributed by atoms with van der Waals surface area (Å²) >= 11 is 0. The molecule has 1 N–H and O–H groups in total. The van der Waals surface area contributed by atoms with E-state index in [1.54, 1.807) is 6.20 Å².